The van der Waals surface area contributed by atoms with E-state index in [1.54, 1.807) is 6.20 Å². The quantitative estimate of drug-likeness (QED) is 0.832. The van der Waals surface area contributed by atoms with E-state index in [-0.39, 0.29) is 6.04 Å². The molecule has 4 nitrogen and oxygen atoms in total. The number of aryl methyl sites for hydroxylation is 2. The van der Waals surface area contributed by atoms with Gasteiger partial charge in [0.25, 0.3) is 0 Å². The SMILES string of the molecule is CCNC(Cc1c(Br)c(C)nn1C)c1cncc(Br)c1. The van der Waals surface area contributed by atoms with Gasteiger partial charge in [-0.3, -0.25) is 9.67 Å². The average molecular weight is 402 g/mol. The van der Waals surface area contributed by atoms with E-state index in [4.69, 9.17) is 0 Å². The van der Waals surface area contributed by atoms with Gasteiger partial charge in [0, 0.05) is 36.4 Å². The first-order chi connectivity index (χ1) is 9.52. The molecule has 1 N–H and O–H groups in total. The molecule has 1 unspecified atom stereocenters. The Balaban J connectivity index is 2.30. The van der Waals surface area contributed by atoms with Gasteiger partial charge in [-0.05, 0) is 57.0 Å². The smallest absolute Gasteiger partial charge is 0.0738 e. The third-order valence-corrected chi connectivity index (χ3v) is 4.70. The summed E-state index contributed by atoms with van der Waals surface area (Å²) in [6.07, 6.45) is 4.58. The summed E-state index contributed by atoms with van der Waals surface area (Å²) in [5.41, 5.74) is 3.38. The molecule has 108 valence electrons. The fourth-order valence-corrected chi connectivity index (χ4v) is 3.15. The molecule has 2 rings (SSSR count). The molecule has 6 heteroatoms. The van der Waals surface area contributed by atoms with Crippen molar-refractivity contribution >= 4 is 31.9 Å². The van der Waals surface area contributed by atoms with Gasteiger partial charge in [0.1, 0.15) is 0 Å². The monoisotopic (exact) mass is 400 g/mol. The lowest BCUT2D eigenvalue weighted by molar-refractivity contribution is 0.526. The van der Waals surface area contributed by atoms with Crippen LogP contribution in [0.15, 0.2) is 27.4 Å². The zero-order chi connectivity index (χ0) is 14.7. The molecular formula is C14H18Br2N4. The Morgan fingerprint density at radius 1 is 1.35 bits per heavy atom. The van der Waals surface area contributed by atoms with E-state index in [2.05, 4.69) is 60.2 Å². The van der Waals surface area contributed by atoms with Crippen LogP contribution in [0.1, 0.15) is 29.9 Å². The van der Waals surface area contributed by atoms with E-state index in [0.717, 1.165) is 27.6 Å². The summed E-state index contributed by atoms with van der Waals surface area (Å²) in [5.74, 6) is 0. The van der Waals surface area contributed by atoms with Crippen LogP contribution in [0.2, 0.25) is 0 Å². The number of hydrogen-bond acceptors (Lipinski definition) is 3. The predicted molar refractivity (Wildman–Crippen MR) is 87.7 cm³/mol. The van der Waals surface area contributed by atoms with Gasteiger partial charge < -0.3 is 5.32 Å². The van der Waals surface area contributed by atoms with E-state index in [1.807, 2.05) is 24.9 Å². The molecule has 2 heterocycles. The summed E-state index contributed by atoms with van der Waals surface area (Å²) in [6, 6.07) is 2.33. The Morgan fingerprint density at radius 3 is 2.65 bits per heavy atom. The maximum Gasteiger partial charge on any atom is 0.0738 e. The van der Waals surface area contributed by atoms with Crippen LogP contribution in [0.5, 0.6) is 0 Å². The van der Waals surface area contributed by atoms with Gasteiger partial charge in [-0.15, -0.1) is 0 Å². The number of nitrogens with one attached hydrogen (secondary N) is 1. The second-order valence-corrected chi connectivity index (χ2v) is 6.43. The van der Waals surface area contributed by atoms with E-state index in [9.17, 15) is 0 Å². The summed E-state index contributed by atoms with van der Waals surface area (Å²) >= 11 is 7.11. The molecule has 0 aliphatic rings. The van der Waals surface area contributed by atoms with Crippen LogP contribution in [0.4, 0.5) is 0 Å². The minimum atomic E-state index is 0.219. The van der Waals surface area contributed by atoms with Crippen molar-refractivity contribution in [3.63, 3.8) is 0 Å². The highest BCUT2D eigenvalue weighted by Gasteiger charge is 2.18. The van der Waals surface area contributed by atoms with Gasteiger partial charge >= 0.3 is 0 Å². The minimum Gasteiger partial charge on any atom is -0.310 e. The topological polar surface area (TPSA) is 42.7 Å². The first kappa shape index (κ1) is 15.7. The molecule has 2 aromatic heterocycles. The molecule has 0 aromatic carbocycles. The minimum absolute atomic E-state index is 0.219. The lowest BCUT2D eigenvalue weighted by Gasteiger charge is -2.18. The number of halogens is 2. The maximum atomic E-state index is 4.45. The highest BCUT2D eigenvalue weighted by Crippen LogP contribution is 2.26. The number of hydrogen-bond donors (Lipinski definition) is 1. The van der Waals surface area contributed by atoms with Gasteiger partial charge in [-0.2, -0.15) is 5.10 Å². The Kier molecular flexibility index (Phi) is 5.35. The third kappa shape index (κ3) is 3.48. The van der Waals surface area contributed by atoms with E-state index < -0.39 is 0 Å². The third-order valence-electron chi connectivity index (χ3n) is 3.24. The second-order valence-electron chi connectivity index (χ2n) is 4.72. The first-order valence-electron chi connectivity index (χ1n) is 6.54. The summed E-state index contributed by atoms with van der Waals surface area (Å²) in [7, 11) is 1.98. The van der Waals surface area contributed by atoms with Crippen LogP contribution in [0, 0.1) is 6.92 Å². The Bertz CT molecular complexity index is 595. The number of nitrogens with zero attached hydrogens (tertiary/aromatic N) is 3. The van der Waals surface area contributed by atoms with Crippen molar-refractivity contribution in [2.45, 2.75) is 26.3 Å². The molecule has 0 aliphatic heterocycles. The fourth-order valence-electron chi connectivity index (χ4n) is 2.27. The van der Waals surface area contributed by atoms with Crippen LogP contribution < -0.4 is 5.32 Å². The first-order valence-corrected chi connectivity index (χ1v) is 8.13. The maximum absolute atomic E-state index is 4.45. The van der Waals surface area contributed by atoms with E-state index in [1.165, 1.54) is 11.3 Å². The second kappa shape index (κ2) is 6.83. The largest absolute Gasteiger partial charge is 0.310 e. The standard InChI is InChI=1S/C14H18Br2N4/c1-4-18-12(10-5-11(15)8-17-7-10)6-13-14(16)9(2)19-20(13)3/h5,7-8,12,18H,4,6H2,1-3H3. The van der Waals surface area contributed by atoms with Crippen LogP contribution in [-0.4, -0.2) is 21.3 Å². The summed E-state index contributed by atoms with van der Waals surface area (Å²) in [6.45, 7) is 5.03. The molecular weight excluding hydrogens is 384 g/mol. The zero-order valence-electron chi connectivity index (χ0n) is 11.8. The zero-order valence-corrected chi connectivity index (χ0v) is 15.0. The Hall–Kier alpha value is -0.720. The summed E-state index contributed by atoms with van der Waals surface area (Å²) in [5, 5.41) is 7.97. The van der Waals surface area contributed by atoms with Crippen molar-refractivity contribution in [2.75, 3.05) is 6.54 Å². The van der Waals surface area contributed by atoms with E-state index >= 15 is 0 Å². The molecule has 0 radical (unpaired) electrons. The Labute approximate surface area is 136 Å². The van der Waals surface area contributed by atoms with Crippen molar-refractivity contribution in [3.05, 3.63) is 44.4 Å². The molecule has 0 aliphatic carbocycles. The molecule has 2 aromatic rings. The number of pyridine rings is 1. The molecule has 0 bridgehead atoms. The molecule has 0 spiro atoms. The van der Waals surface area contributed by atoms with Gasteiger partial charge in [0.15, 0.2) is 0 Å². The van der Waals surface area contributed by atoms with Crippen molar-refractivity contribution < 1.29 is 0 Å². The lowest BCUT2D eigenvalue weighted by atomic mass is 10.0. The Morgan fingerprint density at radius 2 is 2.10 bits per heavy atom. The van der Waals surface area contributed by atoms with Crippen molar-refractivity contribution in [1.29, 1.82) is 0 Å². The highest BCUT2D eigenvalue weighted by molar-refractivity contribution is 9.10. The predicted octanol–water partition coefficient (Wildman–Crippen LogP) is 3.54. The number of aromatic nitrogens is 3. The normalized spacial score (nSPS) is 12.7. The van der Waals surface area contributed by atoms with Gasteiger partial charge in [-0.25, -0.2) is 0 Å². The molecule has 0 amide bonds. The number of rotatable bonds is 5. The molecule has 0 fully saturated rings. The van der Waals surface area contributed by atoms with E-state index in [0.29, 0.717) is 0 Å². The van der Waals surface area contributed by atoms with Gasteiger partial charge in [0.2, 0.25) is 0 Å². The van der Waals surface area contributed by atoms with Crippen molar-refractivity contribution in [1.82, 2.24) is 20.1 Å². The highest BCUT2D eigenvalue weighted by atomic mass is 79.9. The molecule has 0 saturated heterocycles. The molecule has 0 saturated carbocycles. The van der Waals surface area contributed by atoms with Crippen LogP contribution >= 0.6 is 31.9 Å². The van der Waals surface area contributed by atoms with Crippen LogP contribution in [-0.2, 0) is 13.5 Å². The van der Waals surface area contributed by atoms with Crippen molar-refractivity contribution in [3.8, 4) is 0 Å². The fraction of sp³-hybridized carbons (Fsp3) is 0.429. The summed E-state index contributed by atoms with van der Waals surface area (Å²) < 4.78 is 4.03. The van der Waals surface area contributed by atoms with Gasteiger partial charge in [-0.1, -0.05) is 6.92 Å². The van der Waals surface area contributed by atoms with Gasteiger partial charge in [0.05, 0.1) is 15.9 Å². The average Bonchev–Trinajstić information content (AvgIpc) is 2.64. The van der Waals surface area contributed by atoms with Crippen LogP contribution in [0.3, 0.4) is 0 Å². The molecule has 20 heavy (non-hydrogen) atoms. The van der Waals surface area contributed by atoms with Crippen molar-refractivity contribution in [2.24, 2.45) is 7.05 Å². The summed E-state index contributed by atoms with van der Waals surface area (Å²) in [4.78, 5) is 4.26. The molecule has 1 atom stereocenters. The van der Waals surface area contributed by atoms with Crippen LogP contribution in [0.25, 0.3) is 0 Å². The number of likely N-dealkylation sites (N-methyl/N-ethyl adjacent to an activating group) is 1. The lowest BCUT2D eigenvalue weighted by Crippen LogP contribution is -2.24.